The summed E-state index contributed by atoms with van der Waals surface area (Å²) in [5.74, 6) is 0.899. The zero-order valence-corrected chi connectivity index (χ0v) is 9.72. The van der Waals surface area contributed by atoms with Gasteiger partial charge in [-0.25, -0.2) is 4.98 Å². The highest BCUT2D eigenvalue weighted by Crippen LogP contribution is 2.32. The Morgan fingerprint density at radius 1 is 1.41 bits per heavy atom. The van der Waals surface area contributed by atoms with E-state index in [0.29, 0.717) is 0 Å². The summed E-state index contributed by atoms with van der Waals surface area (Å²) in [4.78, 5) is 6.54. The molecule has 0 radical (unpaired) electrons. The molecule has 2 aromatic rings. The van der Waals surface area contributed by atoms with Crippen LogP contribution in [0, 0.1) is 0 Å². The van der Waals surface area contributed by atoms with Crippen LogP contribution in [0.4, 0.5) is 5.69 Å². The van der Waals surface area contributed by atoms with Crippen LogP contribution in [-0.4, -0.2) is 20.1 Å². The number of hydrogen-bond acceptors (Lipinski definition) is 4. The van der Waals surface area contributed by atoms with E-state index < -0.39 is 0 Å². The summed E-state index contributed by atoms with van der Waals surface area (Å²) in [7, 11) is 0. The van der Waals surface area contributed by atoms with Crippen molar-refractivity contribution in [2.45, 2.75) is 26.1 Å². The van der Waals surface area contributed by atoms with Crippen LogP contribution in [0.3, 0.4) is 0 Å². The molecule has 1 unspecified atom stereocenters. The second-order valence-electron chi connectivity index (χ2n) is 4.44. The van der Waals surface area contributed by atoms with Crippen molar-refractivity contribution in [3.8, 4) is 0 Å². The Kier molecular flexibility index (Phi) is 2.33. The molecule has 0 amide bonds. The van der Waals surface area contributed by atoms with Crippen molar-refractivity contribution in [2.24, 2.45) is 0 Å². The van der Waals surface area contributed by atoms with Gasteiger partial charge in [0.05, 0.1) is 6.04 Å². The molecule has 1 aliphatic heterocycles. The Hall–Kier alpha value is -1.88. The number of nitrogens with one attached hydrogen (secondary N) is 1. The summed E-state index contributed by atoms with van der Waals surface area (Å²) in [6, 6.07) is 6.33. The van der Waals surface area contributed by atoms with Crippen molar-refractivity contribution in [1.82, 2.24) is 20.1 Å². The van der Waals surface area contributed by atoms with E-state index in [1.807, 2.05) is 12.1 Å². The van der Waals surface area contributed by atoms with Crippen molar-refractivity contribution < 1.29 is 0 Å². The van der Waals surface area contributed by atoms with Crippen LogP contribution in [0.25, 0.3) is 0 Å². The minimum absolute atomic E-state index is 0.226. The molecule has 3 N–H and O–H groups in total. The van der Waals surface area contributed by atoms with Crippen molar-refractivity contribution in [2.75, 3.05) is 5.73 Å². The molecule has 5 heteroatoms. The fraction of sp³-hybridized carbons (Fsp3) is 0.333. The lowest BCUT2D eigenvalue weighted by molar-refractivity contribution is 0.207. The standard InChI is InChI=1S/C12H15N5/c1-8(12-14-7-15-16-12)17-5-9-3-2-4-11(13)10(9)6-17/h2-4,7-8H,5-6,13H2,1H3,(H,14,15,16). The zero-order chi connectivity index (χ0) is 11.8. The molecule has 3 rings (SSSR count). The number of anilines is 1. The van der Waals surface area contributed by atoms with Gasteiger partial charge in [0.2, 0.25) is 0 Å². The number of benzene rings is 1. The fourth-order valence-corrected chi connectivity index (χ4v) is 2.34. The van der Waals surface area contributed by atoms with Gasteiger partial charge in [-0.15, -0.1) is 0 Å². The largest absolute Gasteiger partial charge is 0.398 e. The highest BCUT2D eigenvalue weighted by atomic mass is 15.3. The lowest BCUT2D eigenvalue weighted by Crippen LogP contribution is -2.21. The molecule has 88 valence electrons. The molecule has 5 nitrogen and oxygen atoms in total. The highest BCUT2D eigenvalue weighted by Gasteiger charge is 2.26. The second kappa shape index (κ2) is 3.85. The first-order valence-electron chi connectivity index (χ1n) is 5.71. The summed E-state index contributed by atoms with van der Waals surface area (Å²) < 4.78 is 0. The molecule has 0 aliphatic carbocycles. The predicted molar refractivity (Wildman–Crippen MR) is 64.9 cm³/mol. The smallest absolute Gasteiger partial charge is 0.141 e. The summed E-state index contributed by atoms with van der Waals surface area (Å²) in [5.41, 5.74) is 9.44. The molecule has 17 heavy (non-hydrogen) atoms. The van der Waals surface area contributed by atoms with Gasteiger partial charge in [0.25, 0.3) is 0 Å². The number of nitrogens with two attached hydrogens (primary N) is 1. The third-order valence-electron chi connectivity index (χ3n) is 3.42. The summed E-state index contributed by atoms with van der Waals surface area (Å²) in [6.45, 7) is 3.93. The van der Waals surface area contributed by atoms with Gasteiger partial charge in [-0.2, -0.15) is 5.10 Å². The maximum atomic E-state index is 5.99. The molecular weight excluding hydrogens is 214 g/mol. The van der Waals surface area contributed by atoms with Crippen LogP contribution in [0.5, 0.6) is 0 Å². The van der Waals surface area contributed by atoms with E-state index >= 15 is 0 Å². The minimum Gasteiger partial charge on any atom is -0.398 e. The van der Waals surface area contributed by atoms with Crippen LogP contribution >= 0.6 is 0 Å². The van der Waals surface area contributed by atoms with Crippen LogP contribution in [0.1, 0.15) is 29.9 Å². The molecule has 0 saturated heterocycles. The SMILES string of the molecule is CC(c1ncn[nH]1)N1Cc2cccc(N)c2C1. The number of aromatic nitrogens is 3. The predicted octanol–water partition coefficient (Wildman–Crippen LogP) is 1.46. The molecule has 0 spiro atoms. The number of hydrogen-bond donors (Lipinski definition) is 2. The normalized spacial score (nSPS) is 17.0. The molecule has 0 saturated carbocycles. The Bertz CT molecular complexity index is 520. The number of nitrogen functional groups attached to an aromatic ring is 1. The van der Waals surface area contributed by atoms with Crippen LogP contribution in [0.2, 0.25) is 0 Å². The van der Waals surface area contributed by atoms with E-state index in [4.69, 9.17) is 5.73 Å². The number of aromatic amines is 1. The van der Waals surface area contributed by atoms with Gasteiger partial charge < -0.3 is 5.73 Å². The molecule has 1 atom stereocenters. The third kappa shape index (κ3) is 1.68. The Balaban J connectivity index is 1.85. The van der Waals surface area contributed by atoms with Gasteiger partial charge in [0.15, 0.2) is 0 Å². The van der Waals surface area contributed by atoms with Gasteiger partial charge >= 0.3 is 0 Å². The zero-order valence-electron chi connectivity index (χ0n) is 9.72. The van der Waals surface area contributed by atoms with E-state index in [9.17, 15) is 0 Å². The summed E-state index contributed by atoms with van der Waals surface area (Å²) in [6.07, 6.45) is 1.55. The van der Waals surface area contributed by atoms with Gasteiger partial charge in [-0.1, -0.05) is 12.1 Å². The lowest BCUT2D eigenvalue weighted by Gasteiger charge is -2.21. The van der Waals surface area contributed by atoms with Crippen molar-refractivity contribution in [1.29, 1.82) is 0 Å². The molecule has 1 aromatic heterocycles. The van der Waals surface area contributed by atoms with Crippen LogP contribution in [-0.2, 0) is 13.1 Å². The quantitative estimate of drug-likeness (QED) is 0.765. The highest BCUT2D eigenvalue weighted by molar-refractivity contribution is 5.52. The molecule has 1 aliphatic rings. The van der Waals surface area contributed by atoms with Crippen LogP contribution < -0.4 is 5.73 Å². The minimum atomic E-state index is 0.226. The fourth-order valence-electron chi connectivity index (χ4n) is 2.34. The van der Waals surface area contributed by atoms with Gasteiger partial charge in [0.1, 0.15) is 12.2 Å². The summed E-state index contributed by atoms with van der Waals surface area (Å²) in [5, 5.41) is 6.82. The van der Waals surface area contributed by atoms with E-state index in [0.717, 1.165) is 24.6 Å². The number of fused-ring (bicyclic) bond motifs is 1. The van der Waals surface area contributed by atoms with Gasteiger partial charge in [-0.05, 0) is 24.1 Å². The number of H-pyrrole nitrogens is 1. The summed E-state index contributed by atoms with van der Waals surface area (Å²) >= 11 is 0. The van der Waals surface area contributed by atoms with E-state index in [-0.39, 0.29) is 6.04 Å². The maximum absolute atomic E-state index is 5.99. The first-order valence-corrected chi connectivity index (χ1v) is 5.71. The maximum Gasteiger partial charge on any atom is 0.141 e. The average Bonchev–Trinajstić information content (AvgIpc) is 2.98. The Labute approximate surface area is 99.7 Å². The number of rotatable bonds is 2. The van der Waals surface area contributed by atoms with E-state index in [1.165, 1.54) is 11.1 Å². The second-order valence-corrected chi connectivity index (χ2v) is 4.44. The van der Waals surface area contributed by atoms with Gasteiger partial charge in [0, 0.05) is 18.8 Å². The third-order valence-corrected chi connectivity index (χ3v) is 3.42. The van der Waals surface area contributed by atoms with Gasteiger partial charge in [-0.3, -0.25) is 10.00 Å². The topological polar surface area (TPSA) is 70.8 Å². The number of nitrogens with zero attached hydrogens (tertiary/aromatic N) is 3. The van der Waals surface area contributed by atoms with Crippen molar-refractivity contribution in [3.05, 3.63) is 41.5 Å². The monoisotopic (exact) mass is 229 g/mol. The first kappa shape index (κ1) is 10.3. The molecule has 1 aromatic carbocycles. The molecule has 0 bridgehead atoms. The first-order chi connectivity index (χ1) is 8.25. The lowest BCUT2D eigenvalue weighted by atomic mass is 10.1. The van der Waals surface area contributed by atoms with Crippen molar-refractivity contribution >= 4 is 5.69 Å². The van der Waals surface area contributed by atoms with E-state index in [2.05, 4.69) is 33.1 Å². The van der Waals surface area contributed by atoms with Crippen molar-refractivity contribution in [3.63, 3.8) is 0 Å². The Morgan fingerprint density at radius 2 is 2.29 bits per heavy atom. The average molecular weight is 229 g/mol. The molecular formula is C12H15N5. The molecule has 2 heterocycles. The Morgan fingerprint density at radius 3 is 3.00 bits per heavy atom. The van der Waals surface area contributed by atoms with Crippen LogP contribution in [0.15, 0.2) is 24.5 Å². The van der Waals surface area contributed by atoms with E-state index in [1.54, 1.807) is 6.33 Å². The molecule has 0 fully saturated rings.